The highest BCUT2D eigenvalue weighted by Gasteiger charge is 2.43. The van der Waals surface area contributed by atoms with Crippen LogP contribution in [0.25, 0.3) is 0 Å². The maximum absolute atomic E-state index is 12.7. The molecule has 0 radical (unpaired) electrons. The van der Waals surface area contributed by atoms with E-state index in [4.69, 9.17) is 23.2 Å². The third-order valence-electron chi connectivity index (χ3n) is 3.83. The van der Waals surface area contributed by atoms with Crippen LogP contribution >= 0.6 is 23.2 Å². The van der Waals surface area contributed by atoms with Crippen molar-refractivity contribution in [2.75, 3.05) is 0 Å². The highest BCUT2D eigenvalue weighted by molar-refractivity contribution is 6.31. The molecule has 0 aliphatic heterocycles. The van der Waals surface area contributed by atoms with Gasteiger partial charge in [-0.1, -0.05) is 42.6 Å². The first kappa shape index (κ1) is 14.6. The van der Waals surface area contributed by atoms with Crippen molar-refractivity contribution < 1.29 is 4.79 Å². The molecule has 102 valence electrons. The Morgan fingerprint density at radius 2 is 2.21 bits per heavy atom. The van der Waals surface area contributed by atoms with Crippen LogP contribution in [0.15, 0.2) is 29.3 Å². The number of hydrogen-bond acceptors (Lipinski definition) is 1. The molecule has 1 aliphatic rings. The van der Waals surface area contributed by atoms with E-state index in [1.54, 1.807) is 6.07 Å². The van der Waals surface area contributed by atoms with Gasteiger partial charge in [-0.2, -0.15) is 0 Å². The first-order valence-corrected chi connectivity index (χ1v) is 7.39. The predicted octanol–water partition coefficient (Wildman–Crippen LogP) is 5.40. The van der Waals surface area contributed by atoms with Crippen molar-refractivity contribution in [3.05, 3.63) is 45.5 Å². The topological polar surface area (TPSA) is 17.1 Å². The number of halogens is 2. The van der Waals surface area contributed by atoms with Crippen molar-refractivity contribution in [2.45, 2.75) is 39.5 Å². The molecule has 1 aliphatic carbocycles. The van der Waals surface area contributed by atoms with E-state index < -0.39 is 0 Å². The zero-order valence-corrected chi connectivity index (χ0v) is 12.8. The lowest BCUT2D eigenvalue weighted by molar-refractivity contribution is 0.0806. The fraction of sp³-hybridized carbons (Fsp3) is 0.438. The molecule has 1 atom stereocenters. The van der Waals surface area contributed by atoms with Gasteiger partial charge >= 0.3 is 0 Å². The van der Waals surface area contributed by atoms with Gasteiger partial charge < -0.3 is 0 Å². The molecule has 1 aromatic carbocycles. The number of rotatable bonds is 4. The van der Waals surface area contributed by atoms with E-state index in [0.29, 0.717) is 11.4 Å². The van der Waals surface area contributed by atoms with Crippen molar-refractivity contribution in [2.24, 2.45) is 5.41 Å². The van der Waals surface area contributed by atoms with Gasteiger partial charge in [-0.25, -0.2) is 0 Å². The van der Waals surface area contributed by atoms with Crippen LogP contribution in [-0.4, -0.2) is 5.78 Å². The number of fused-ring (bicyclic) bond motifs is 1. The van der Waals surface area contributed by atoms with Crippen molar-refractivity contribution >= 4 is 29.0 Å². The normalized spacial score (nSPS) is 22.7. The summed E-state index contributed by atoms with van der Waals surface area (Å²) in [6.45, 7) is 3.97. The largest absolute Gasteiger partial charge is 0.294 e. The Morgan fingerprint density at radius 1 is 1.47 bits per heavy atom. The Morgan fingerprint density at radius 3 is 2.84 bits per heavy atom. The smallest absolute Gasteiger partial charge is 0.169 e. The molecule has 0 spiro atoms. The zero-order valence-electron chi connectivity index (χ0n) is 11.3. The molecule has 1 aromatic rings. The molecule has 2 rings (SSSR count). The van der Waals surface area contributed by atoms with Gasteiger partial charge in [0.1, 0.15) is 0 Å². The molecule has 3 heteroatoms. The van der Waals surface area contributed by atoms with Crippen molar-refractivity contribution in [1.82, 2.24) is 0 Å². The number of hydrogen-bond donors (Lipinski definition) is 0. The molecule has 0 bridgehead atoms. The van der Waals surface area contributed by atoms with Crippen LogP contribution in [0.2, 0.25) is 5.02 Å². The molecule has 0 heterocycles. The van der Waals surface area contributed by atoms with Crippen LogP contribution in [0, 0.1) is 5.41 Å². The van der Waals surface area contributed by atoms with E-state index >= 15 is 0 Å². The summed E-state index contributed by atoms with van der Waals surface area (Å²) in [4.78, 5) is 12.7. The molecule has 0 saturated heterocycles. The highest BCUT2D eigenvalue weighted by Crippen LogP contribution is 2.44. The summed E-state index contributed by atoms with van der Waals surface area (Å²) in [5.74, 6) is 0.246. The second-order valence-electron chi connectivity index (χ2n) is 5.33. The van der Waals surface area contributed by atoms with Crippen LogP contribution in [0.5, 0.6) is 0 Å². The number of ketones is 1. The number of allylic oxidation sites excluding steroid dienone is 2. The summed E-state index contributed by atoms with van der Waals surface area (Å²) in [6, 6.07) is 5.57. The SMILES string of the molecule is CCCC1(C/C=C(/C)Cl)Cc2cc(Cl)ccc2C1=O. The molecule has 1 nitrogen and oxygen atoms in total. The molecule has 0 fully saturated rings. The summed E-state index contributed by atoms with van der Waals surface area (Å²) in [5.41, 5.74) is 1.59. The van der Waals surface area contributed by atoms with Crippen LogP contribution in [0.3, 0.4) is 0 Å². The van der Waals surface area contributed by atoms with Crippen molar-refractivity contribution in [1.29, 1.82) is 0 Å². The van der Waals surface area contributed by atoms with Gasteiger partial charge in [0.05, 0.1) is 0 Å². The summed E-state index contributed by atoms with van der Waals surface area (Å²) < 4.78 is 0. The molecular formula is C16H18Cl2O. The molecule has 0 amide bonds. The van der Waals surface area contributed by atoms with E-state index in [1.807, 2.05) is 25.1 Å². The predicted molar refractivity (Wildman–Crippen MR) is 81.1 cm³/mol. The molecular weight excluding hydrogens is 279 g/mol. The van der Waals surface area contributed by atoms with Gasteiger partial charge in [0, 0.05) is 21.0 Å². The van der Waals surface area contributed by atoms with Crippen LogP contribution in [0.4, 0.5) is 0 Å². The van der Waals surface area contributed by atoms with E-state index in [9.17, 15) is 4.79 Å². The Bertz CT molecular complexity index is 530. The minimum atomic E-state index is -0.322. The lowest BCUT2D eigenvalue weighted by Crippen LogP contribution is -2.27. The van der Waals surface area contributed by atoms with Crippen LogP contribution in [-0.2, 0) is 6.42 Å². The minimum absolute atomic E-state index is 0.246. The van der Waals surface area contributed by atoms with Gasteiger partial charge in [-0.05, 0) is 49.9 Å². The fourth-order valence-corrected chi connectivity index (χ4v) is 3.22. The quantitative estimate of drug-likeness (QED) is 0.727. The molecule has 19 heavy (non-hydrogen) atoms. The number of Topliss-reactive ketones (excluding diaryl/α,β-unsaturated/α-hetero) is 1. The van der Waals surface area contributed by atoms with E-state index in [1.165, 1.54) is 0 Å². The average molecular weight is 297 g/mol. The van der Waals surface area contributed by atoms with Crippen molar-refractivity contribution in [3.8, 4) is 0 Å². The second-order valence-corrected chi connectivity index (χ2v) is 6.37. The fourth-order valence-electron chi connectivity index (χ4n) is 2.94. The maximum Gasteiger partial charge on any atom is 0.169 e. The van der Waals surface area contributed by atoms with Gasteiger partial charge in [-0.15, -0.1) is 0 Å². The average Bonchev–Trinajstić information content (AvgIpc) is 2.61. The van der Waals surface area contributed by atoms with Crippen LogP contribution < -0.4 is 0 Å². The molecule has 0 saturated carbocycles. The second kappa shape index (κ2) is 5.68. The van der Waals surface area contributed by atoms with Crippen LogP contribution in [0.1, 0.15) is 49.0 Å². The lowest BCUT2D eigenvalue weighted by Gasteiger charge is -2.25. The molecule has 1 unspecified atom stereocenters. The third kappa shape index (κ3) is 2.88. The lowest BCUT2D eigenvalue weighted by atomic mass is 9.76. The Kier molecular flexibility index (Phi) is 4.37. The molecule has 0 aromatic heterocycles. The Balaban J connectivity index is 2.38. The van der Waals surface area contributed by atoms with E-state index in [0.717, 1.165) is 35.4 Å². The number of benzene rings is 1. The summed E-state index contributed by atoms with van der Waals surface area (Å²) >= 11 is 12.0. The third-order valence-corrected chi connectivity index (χ3v) is 4.21. The Labute approximate surface area is 124 Å². The minimum Gasteiger partial charge on any atom is -0.294 e. The highest BCUT2D eigenvalue weighted by atomic mass is 35.5. The van der Waals surface area contributed by atoms with Gasteiger partial charge in [0.25, 0.3) is 0 Å². The maximum atomic E-state index is 12.7. The first-order chi connectivity index (χ1) is 8.98. The Hall–Kier alpha value is -0.790. The number of carbonyl (C=O) groups excluding carboxylic acids is 1. The van der Waals surface area contributed by atoms with Gasteiger partial charge in [-0.3, -0.25) is 4.79 Å². The number of carbonyl (C=O) groups is 1. The first-order valence-electron chi connectivity index (χ1n) is 6.64. The summed E-state index contributed by atoms with van der Waals surface area (Å²) in [5, 5.41) is 1.44. The van der Waals surface area contributed by atoms with E-state index in [2.05, 4.69) is 6.92 Å². The van der Waals surface area contributed by atoms with Crippen molar-refractivity contribution in [3.63, 3.8) is 0 Å². The summed E-state index contributed by atoms with van der Waals surface area (Å²) in [6.07, 6.45) is 5.32. The summed E-state index contributed by atoms with van der Waals surface area (Å²) in [7, 11) is 0. The standard InChI is InChI=1S/C16H18Cl2O/c1-3-7-16(8-6-11(2)17)10-12-9-13(18)4-5-14(12)15(16)19/h4-6,9H,3,7-8,10H2,1-2H3/b11-6-. The monoisotopic (exact) mass is 296 g/mol. The van der Waals surface area contributed by atoms with Gasteiger partial charge in [0.15, 0.2) is 5.78 Å². The molecule has 0 N–H and O–H groups in total. The zero-order chi connectivity index (χ0) is 14.0. The van der Waals surface area contributed by atoms with Gasteiger partial charge in [0.2, 0.25) is 0 Å². The van der Waals surface area contributed by atoms with E-state index in [-0.39, 0.29) is 11.2 Å².